The number of H-pyrrole nitrogens is 1. The van der Waals surface area contributed by atoms with Crippen LogP contribution in [0.4, 0.5) is 4.39 Å². The van der Waals surface area contributed by atoms with E-state index in [-0.39, 0.29) is 11.4 Å². The lowest BCUT2D eigenvalue weighted by Crippen LogP contribution is -2.08. The van der Waals surface area contributed by atoms with Crippen LogP contribution in [0.2, 0.25) is 0 Å². The third-order valence-electron chi connectivity index (χ3n) is 2.31. The van der Waals surface area contributed by atoms with Crippen molar-refractivity contribution in [1.29, 1.82) is 0 Å². The van der Waals surface area contributed by atoms with Crippen molar-refractivity contribution in [2.45, 2.75) is 13.8 Å². The molecule has 0 unspecified atom stereocenters. The molecule has 0 spiro atoms. The second kappa shape index (κ2) is 3.89. The lowest BCUT2D eigenvalue weighted by molar-refractivity contribution is 0.619. The van der Waals surface area contributed by atoms with Crippen molar-refractivity contribution in [2.75, 3.05) is 0 Å². The van der Waals surface area contributed by atoms with Crippen LogP contribution in [0.15, 0.2) is 29.1 Å². The highest BCUT2D eigenvalue weighted by atomic mass is 19.1. The molecule has 0 fully saturated rings. The maximum Gasteiger partial charge on any atom is 0.251 e. The normalized spacial score (nSPS) is 10.4. The molecule has 0 aliphatic rings. The summed E-state index contributed by atoms with van der Waals surface area (Å²) in [4.78, 5) is 18.0. The van der Waals surface area contributed by atoms with Gasteiger partial charge in [0.25, 0.3) is 5.56 Å². The van der Waals surface area contributed by atoms with Crippen molar-refractivity contribution in [3.63, 3.8) is 0 Å². The highest BCUT2D eigenvalue weighted by Crippen LogP contribution is 2.18. The fraction of sp³-hybridized carbons (Fsp3) is 0.167. The Kier molecular flexibility index (Phi) is 2.56. The highest BCUT2D eigenvalue weighted by molar-refractivity contribution is 5.59. The molecule has 0 aliphatic heterocycles. The summed E-state index contributed by atoms with van der Waals surface area (Å²) in [7, 11) is 0. The van der Waals surface area contributed by atoms with Crippen molar-refractivity contribution >= 4 is 0 Å². The van der Waals surface area contributed by atoms with E-state index in [1.807, 2.05) is 0 Å². The van der Waals surface area contributed by atoms with Gasteiger partial charge in [0.2, 0.25) is 0 Å². The molecule has 1 N–H and O–H groups in total. The average Bonchev–Trinajstić information content (AvgIpc) is 2.20. The van der Waals surface area contributed by atoms with Gasteiger partial charge in [-0.1, -0.05) is 0 Å². The van der Waals surface area contributed by atoms with Crippen LogP contribution in [-0.4, -0.2) is 9.97 Å². The van der Waals surface area contributed by atoms with Gasteiger partial charge in [-0.25, -0.2) is 9.37 Å². The number of aryl methyl sites for hydroxylation is 2. The standard InChI is InChI=1S/C12H11FN2O/c1-7-5-9(3-4-10(7)13)11-6-12(16)15-8(2)14-11/h3-6H,1-2H3,(H,14,15,16). The SMILES string of the molecule is Cc1nc(-c2ccc(F)c(C)c2)cc(=O)[nH]1. The first-order valence-corrected chi connectivity index (χ1v) is 4.91. The number of nitrogens with zero attached hydrogens (tertiary/aromatic N) is 1. The van der Waals surface area contributed by atoms with Gasteiger partial charge in [0.1, 0.15) is 11.6 Å². The van der Waals surface area contributed by atoms with E-state index in [9.17, 15) is 9.18 Å². The maximum atomic E-state index is 13.1. The highest BCUT2D eigenvalue weighted by Gasteiger charge is 2.04. The van der Waals surface area contributed by atoms with Crippen LogP contribution in [0.3, 0.4) is 0 Å². The van der Waals surface area contributed by atoms with E-state index in [0.29, 0.717) is 17.1 Å². The lowest BCUT2D eigenvalue weighted by Gasteiger charge is -2.03. The Labute approximate surface area is 92.0 Å². The molecule has 0 amide bonds. The van der Waals surface area contributed by atoms with Crippen LogP contribution in [-0.2, 0) is 0 Å². The predicted octanol–water partition coefficient (Wildman–Crippen LogP) is 2.19. The number of hydrogen-bond acceptors (Lipinski definition) is 2. The van der Waals surface area contributed by atoms with E-state index >= 15 is 0 Å². The Morgan fingerprint density at radius 2 is 2.00 bits per heavy atom. The Balaban J connectivity index is 2.58. The molecule has 0 radical (unpaired) electrons. The van der Waals surface area contributed by atoms with Gasteiger partial charge < -0.3 is 4.98 Å². The summed E-state index contributed by atoms with van der Waals surface area (Å²) >= 11 is 0. The summed E-state index contributed by atoms with van der Waals surface area (Å²) in [6.45, 7) is 3.39. The second-order valence-corrected chi connectivity index (χ2v) is 3.68. The van der Waals surface area contributed by atoms with Crippen LogP contribution >= 0.6 is 0 Å². The van der Waals surface area contributed by atoms with Crippen molar-refractivity contribution in [3.05, 3.63) is 51.8 Å². The van der Waals surface area contributed by atoms with Crippen molar-refractivity contribution < 1.29 is 4.39 Å². The third kappa shape index (κ3) is 2.00. The summed E-state index contributed by atoms with van der Waals surface area (Å²) in [5.74, 6) is 0.287. The predicted molar refractivity (Wildman–Crippen MR) is 59.7 cm³/mol. The van der Waals surface area contributed by atoms with E-state index in [1.54, 1.807) is 26.0 Å². The molecule has 2 aromatic rings. The Morgan fingerprint density at radius 1 is 1.25 bits per heavy atom. The molecule has 3 nitrogen and oxygen atoms in total. The van der Waals surface area contributed by atoms with Gasteiger partial charge in [0.05, 0.1) is 5.69 Å². The zero-order chi connectivity index (χ0) is 11.7. The van der Waals surface area contributed by atoms with Crippen LogP contribution in [0.5, 0.6) is 0 Å². The number of benzene rings is 1. The van der Waals surface area contributed by atoms with Crippen LogP contribution < -0.4 is 5.56 Å². The first-order chi connectivity index (χ1) is 7.56. The molecule has 0 atom stereocenters. The van der Waals surface area contributed by atoms with E-state index < -0.39 is 0 Å². The van der Waals surface area contributed by atoms with E-state index in [1.165, 1.54) is 12.1 Å². The molecular formula is C12H11FN2O. The molecule has 1 aromatic heterocycles. The van der Waals surface area contributed by atoms with Gasteiger partial charge in [-0.15, -0.1) is 0 Å². The molecule has 82 valence electrons. The maximum absolute atomic E-state index is 13.1. The summed E-state index contributed by atoms with van der Waals surface area (Å²) in [6.07, 6.45) is 0. The summed E-state index contributed by atoms with van der Waals surface area (Å²) in [5, 5.41) is 0. The minimum atomic E-state index is -0.259. The largest absolute Gasteiger partial charge is 0.311 e. The number of rotatable bonds is 1. The Bertz CT molecular complexity index is 590. The monoisotopic (exact) mass is 218 g/mol. The molecule has 2 rings (SSSR count). The zero-order valence-corrected chi connectivity index (χ0v) is 9.04. The van der Waals surface area contributed by atoms with Gasteiger partial charge in [0.15, 0.2) is 0 Å². The molecule has 1 heterocycles. The van der Waals surface area contributed by atoms with Gasteiger partial charge >= 0.3 is 0 Å². The summed E-state index contributed by atoms with van der Waals surface area (Å²) in [5.41, 5.74) is 1.64. The van der Waals surface area contributed by atoms with Gasteiger partial charge in [-0.05, 0) is 37.6 Å². The number of halogens is 1. The van der Waals surface area contributed by atoms with Crippen molar-refractivity contribution in [1.82, 2.24) is 9.97 Å². The topological polar surface area (TPSA) is 45.8 Å². The number of hydrogen-bond donors (Lipinski definition) is 1. The second-order valence-electron chi connectivity index (χ2n) is 3.68. The Hall–Kier alpha value is -1.97. The smallest absolute Gasteiger partial charge is 0.251 e. The number of aromatic amines is 1. The van der Waals surface area contributed by atoms with E-state index in [4.69, 9.17) is 0 Å². The van der Waals surface area contributed by atoms with Crippen LogP contribution in [0.1, 0.15) is 11.4 Å². The Morgan fingerprint density at radius 3 is 2.62 bits per heavy atom. The average molecular weight is 218 g/mol. The van der Waals surface area contributed by atoms with Gasteiger partial charge in [-0.3, -0.25) is 4.79 Å². The third-order valence-corrected chi connectivity index (χ3v) is 2.31. The summed E-state index contributed by atoms with van der Waals surface area (Å²) in [6, 6.07) is 6.07. The first-order valence-electron chi connectivity index (χ1n) is 4.91. The van der Waals surface area contributed by atoms with E-state index in [0.717, 1.165) is 5.56 Å². The van der Waals surface area contributed by atoms with Gasteiger partial charge in [-0.2, -0.15) is 0 Å². The fourth-order valence-electron chi connectivity index (χ4n) is 1.53. The fourth-order valence-corrected chi connectivity index (χ4v) is 1.53. The molecule has 0 saturated heterocycles. The summed E-state index contributed by atoms with van der Waals surface area (Å²) < 4.78 is 13.1. The molecule has 0 aliphatic carbocycles. The van der Waals surface area contributed by atoms with Gasteiger partial charge in [0, 0.05) is 11.6 Å². The molecular weight excluding hydrogens is 207 g/mol. The quantitative estimate of drug-likeness (QED) is 0.797. The molecule has 16 heavy (non-hydrogen) atoms. The minimum absolute atomic E-state index is 0.204. The molecule has 0 saturated carbocycles. The molecule has 0 bridgehead atoms. The van der Waals surface area contributed by atoms with Crippen LogP contribution in [0, 0.1) is 19.7 Å². The molecule has 4 heteroatoms. The zero-order valence-electron chi connectivity index (χ0n) is 9.04. The minimum Gasteiger partial charge on any atom is -0.311 e. The van der Waals surface area contributed by atoms with E-state index in [2.05, 4.69) is 9.97 Å². The van der Waals surface area contributed by atoms with Crippen LogP contribution in [0.25, 0.3) is 11.3 Å². The van der Waals surface area contributed by atoms with Crippen molar-refractivity contribution in [2.24, 2.45) is 0 Å². The number of aromatic nitrogens is 2. The van der Waals surface area contributed by atoms with Crippen molar-refractivity contribution in [3.8, 4) is 11.3 Å². The lowest BCUT2D eigenvalue weighted by atomic mass is 10.1. The first kappa shape index (κ1) is 10.5. The molecule has 1 aromatic carbocycles. The number of nitrogens with one attached hydrogen (secondary N) is 1.